The van der Waals surface area contributed by atoms with E-state index in [0.29, 0.717) is 0 Å². The highest BCUT2D eigenvalue weighted by atomic mass is 28.4. The van der Waals surface area contributed by atoms with E-state index in [0.717, 1.165) is 0 Å². The van der Waals surface area contributed by atoms with Gasteiger partial charge in [-0.1, -0.05) is 55.4 Å². The minimum Gasteiger partial charge on any atom is -0.467 e. The molecule has 0 heterocycles. The Bertz CT molecular complexity index is 365. The van der Waals surface area contributed by atoms with Crippen LogP contribution in [0, 0.1) is 5.92 Å². The van der Waals surface area contributed by atoms with Crippen molar-refractivity contribution in [3.63, 3.8) is 0 Å². The summed E-state index contributed by atoms with van der Waals surface area (Å²) in [7, 11) is -1.42. The van der Waals surface area contributed by atoms with E-state index in [1.54, 1.807) is 0 Å². The molecule has 21 heavy (non-hydrogen) atoms. The number of hydrogen-bond donors (Lipinski definition) is 0. The third-order valence-electron chi connectivity index (χ3n) is 4.50. The zero-order chi connectivity index (χ0) is 17.3. The molecular formula is C16H36O3Si2. The van der Waals surface area contributed by atoms with E-state index in [2.05, 4.69) is 68.5 Å². The molecule has 0 rings (SSSR count). The highest BCUT2D eigenvalue weighted by Gasteiger charge is 2.52. The Morgan fingerprint density at radius 3 is 1.71 bits per heavy atom. The molecule has 3 nitrogen and oxygen atoms in total. The average Bonchev–Trinajstić information content (AvgIpc) is 2.22. The molecule has 0 N–H and O–H groups in total. The minimum absolute atomic E-state index is 0.0768. The van der Waals surface area contributed by atoms with Crippen LogP contribution in [-0.4, -0.2) is 36.1 Å². The SMILES string of the molecule is COC(=O)[C@](O[Si](C)(C)C(C)(C)C)([SiH2]C(C)(C)C)C(C)C. The molecule has 0 saturated carbocycles. The number of rotatable bonds is 5. The normalized spacial score (nSPS) is 17.3. The molecule has 0 fully saturated rings. The van der Waals surface area contributed by atoms with Gasteiger partial charge in [0.2, 0.25) is 0 Å². The molecule has 0 aromatic carbocycles. The monoisotopic (exact) mass is 332 g/mol. The molecule has 0 amide bonds. The maximum Gasteiger partial charge on any atom is 0.332 e. The van der Waals surface area contributed by atoms with Crippen LogP contribution in [0.25, 0.3) is 0 Å². The molecular weight excluding hydrogens is 296 g/mol. The van der Waals surface area contributed by atoms with Crippen LogP contribution in [-0.2, 0) is 14.0 Å². The predicted molar refractivity (Wildman–Crippen MR) is 96.1 cm³/mol. The summed E-state index contributed by atoms with van der Waals surface area (Å²) in [6.07, 6.45) is 0. The molecule has 0 spiro atoms. The maximum absolute atomic E-state index is 12.7. The fourth-order valence-electron chi connectivity index (χ4n) is 2.28. The maximum atomic E-state index is 12.7. The molecule has 0 aromatic rings. The lowest BCUT2D eigenvalue weighted by Gasteiger charge is -2.48. The summed E-state index contributed by atoms with van der Waals surface area (Å²) >= 11 is 0. The van der Waals surface area contributed by atoms with Gasteiger partial charge in [-0.05, 0) is 29.1 Å². The van der Waals surface area contributed by atoms with E-state index >= 15 is 0 Å². The largest absolute Gasteiger partial charge is 0.467 e. The Hall–Kier alpha value is -0.136. The first kappa shape index (κ1) is 20.9. The fourth-order valence-corrected chi connectivity index (χ4v) is 7.46. The van der Waals surface area contributed by atoms with Gasteiger partial charge in [-0.3, -0.25) is 0 Å². The van der Waals surface area contributed by atoms with Crippen LogP contribution in [0.1, 0.15) is 55.4 Å². The van der Waals surface area contributed by atoms with Gasteiger partial charge in [0.25, 0.3) is 0 Å². The van der Waals surface area contributed by atoms with Crippen molar-refractivity contribution in [1.82, 2.24) is 0 Å². The Morgan fingerprint density at radius 1 is 1.05 bits per heavy atom. The van der Waals surface area contributed by atoms with Crippen LogP contribution in [0.3, 0.4) is 0 Å². The van der Waals surface area contributed by atoms with E-state index in [1.165, 1.54) is 7.11 Å². The summed E-state index contributed by atoms with van der Waals surface area (Å²) in [5.41, 5.74) is 0. The lowest BCUT2D eigenvalue weighted by molar-refractivity contribution is -0.156. The number of methoxy groups -OCH3 is 1. The Morgan fingerprint density at radius 2 is 1.48 bits per heavy atom. The van der Waals surface area contributed by atoms with E-state index < -0.39 is 23.1 Å². The van der Waals surface area contributed by atoms with Crippen LogP contribution in [0.2, 0.25) is 23.2 Å². The topological polar surface area (TPSA) is 35.5 Å². The van der Waals surface area contributed by atoms with Crippen molar-refractivity contribution in [3.8, 4) is 0 Å². The summed E-state index contributed by atoms with van der Waals surface area (Å²) in [5, 5.41) is -0.524. The summed E-state index contributed by atoms with van der Waals surface area (Å²) in [4.78, 5) is 12.7. The van der Waals surface area contributed by atoms with Gasteiger partial charge in [-0.25, -0.2) is 4.79 Å². The molecule has 0 aliphatic heterocycles. The lowest BCUT2D eigenvalue weighted by Crippen LogP contribution is -2.61. The highest BCUT2D eigenvalue weighted by Crippen LogP contribution is 2.43. The predicted octanol–water partition coefficient (Wildman–Crippen LogP) is 3.92. The van der Waals surface area contributed by atoms with Gasteiger partial charge in [0.05, 0.1) is 16.6 Å². The second kappa shape index (κ2) is 6.54. The van der Waals surface area contributed by atoms with E-state index in [9.17, 15) is 4.79 Å². The Balaban J connectivity index is 5.86. The molecule has 1 atom stereocenters. The molecule has 5 heteroatoms. The second-order valence-electron chi connectivity index (χ2n) is 9.14. The smallest absolute Gasteiger partial charge is 0.332 e. The second-order valence-corrected chi connectivity index (χ2v) is 17.4. The Labute approximate surface area is 135 Å². The number of hydrogen-bond acceptors (Lipinski definition) is 3. The molecule has 0 aliphatic rings. The van der Waals surface area contributed by atoms with Crippen molar-refractivity contribution in [2.45, 2.75) is 83.8 Å². The lowest BCUT2D eigenvalue weighted by atomic mass is 10.1. The van der Waals surface area contributed by atoms with Gasteiger partial charge in [0.15, 0.2) is 8.32 Å². The number of ether oxygens (including phenoxy) is 1. The van der Waals surface area contributed by atoms with Gasteiger partial charge in [0, 0.05) is 0 Å². The van der Waals surface area contributed by atoms with Crippen molar-refractivity contribution in [1.29, 1.82) is 0 Å². The summed E-state index contributed by atoms with van der Waals surface area (Å²) < 4.78 is 11.9. The van der Waals surface area contributed by atoms with Gasteiger partial charge in [-0.15, -0.1) is 0 Å². The van der Waals surface area contributed by atoms with E-state index in [4.69, 9.17) is 9.16 Å². The quantitative estimate of drug-likeness (QED) is 0.565. The molecule has 0 saturated heterocycles. The van der Waals surface area contributed by atoms with Gasteiger partial charge in [0.1, 0.15) is 5.22 Å². The van der Waals surface area contributed by atoms with Crippen molar-refractivity contribution in [2.24, 2.45) is 5.92 Å². The van der Waals surface area contributed by atoms with E-state index in [-0.39, 0.29) is 22.0 Å². The summed E-state index contributed by atoms with van der Waals surface area (Å²) in [5.74, 6) is -0.0473. The van der Waals surface area contributed by atoms with Crippen molar-refractivity contribution >= 4 is 23.8 Å². The number of esters is 1. The zero-order valence-corrected chi connectivity index (χ0v) is 18.4. The van der Waals surface area contributed by atoms with Crippen LogP contribution in [0.5, 0.6) is 0 Å². The van der Waals surface area contributed by atoms with Gasteiger partial charge < -0.3 is 9.16 Å². The standard InChI is InChI=1S/C16H36O3Si2/c1-12(2)16(13(17)18-9,20-14(3,4)5)19-21(10,11)15(6,7)8/h12H,20H2,1-11H3/t16-/m1/s1. The van der Waals surface area contributed by atoms with Gasteiger partial charge >= 0.3 is 5.97 Å². The molecule has 0 aromatic heterocycles. The third kappa shape index (κ3) is 5.22. The third-order valence-corrected chi connectivity index (χ3v) is 12.1. The van der Waals surface area contributed by atoms with Crippen LogP contribution >= 0.6 is 0 Å². The number of carbonyl (C=O) groups excluding carboxylic acids is 1. The van der Waals surface area contributed by atoms with Crippen molar-refractivity contribution in [3.05, 3.63) is 0 Å². The van der Waals surface area contributed by atoms with Crippen molar-refractivity contribution < 1.29 is 14.0 Å². The van der Waals surface area contributed by atoms with Crippen molar-refractivity contribution in [2.75, 3.05) is 7.11 Å². The minimum atomic E-state index is -2.05. The molecule has 0 aliphatic carbocycles. The zero-order valence-electron chi connectivity index (χ0n) is 16.0. The molecule has 0 radical (unpaired) electrons. The van der Waals surface area contributed by atoms with E-state index in [1.807, 2.05) is 0 Å². The first-order valence-electron chi connectivity index (χ1n) is 7.88. The fraction of sp³-hybridized carbons (Fsp3) is 0.938. The molecule has 0 unspecified atom stereocenters. The number of carbonyl (C=O) groups is 1. The molecule has 126 valence electrons. The van der Waals surface area contributed by atoms with Crippen LogP contribution in [0.4, 0.5) is 0 Å². The van der Waals surface area contributed by atoms with Crippen LogP contribution in [0.15, 0.2) is 0 Å². The van der Waals surface area contributed by atoms with Gasteiger partial charge in [-0.2, -0.15) is 0 Å². The van der Waals surface area contributed by atoms with Crippen LogP contribution < -0.4 is 0 Å². The summed E-state index contributed by atoms with van der Waals surface area (Å²) in [6, 6.07) is 0. The molecule has 0 bridgehead atoms. The summed E-state index contributed by atoms with van der Waals surface area (Å²) in [6.45, 7) is 21.8. The Kier molecular flexibility index (Phi) is 6.50. The first-order chi connectivity index (χ1) is 9.09. The highest BCUT2D eigenvalue weighted by molar-refractivity contribution is 6.75. The average molecular weight is 333 g/mol. The first-order valence-corrected chi connectivity index (χ1v) is 12.2.